The van der Waals surface area contributed by atoms with Crippen LogP contribution >= 0.6 is 23.2 Å². The molecule has 0 aliphatic carbocycles. The number of hydrogen-bond acceptors (Lipinski definition) is 5. The average Bonchev–Trinajstić information content (AvgIpc) is 3.33. The van der Waals surface area contributed by atoms with Crippen LogP contribution in [0.5, 0.6) is 0 Å². The number of furan rings is 1. The number of amides is 1. The molecule has 174 valence electrons. The van der Waals surface area contributed by atoms with Gasteiger partial charge in [-0.2, -0.15) is 0 Å². The Labute approximate surface area is 203 Å². The molecule has 1 N–H and O–H groups in total. The van der Waals surface area contributed by atoms with Crippen LogP contribution in [0, 0.1) is 0 Å². The third-order valence-corrected chi connectivity index (χ3v) is 7.98. The molecule has 3 aromatic rings. The van der Waals surface area contributed by atoms with Gasteiger partial charge in [0, 0.05) is 16.6 Å². The normalized spacial score (nSPS) is 15.8. The second-order valence-electron chi connectivity index (χ2n) is 7.92. The molecular formula is C24H24Cl2N2O4S. The van der Waals surface area contributed by atoms with Crippen molar-refractivity contribution in [2.75, 3.05) is 19.6 Å². The highest BCUT2D eigenvalue weighted by Gasteiger charge is 2.27. The van der Waals surface area contributed by atoms with Gasteiger partial charge < -0.3 is 9.73 Å². The fourth-order valence-electron chi connectivity index (χ4n) is 4.00. The maximum absolute atomic E-state index is 12.8. The fourth-order valence-corrected chi connectivity index (χ4v) is 5.57. The van der Waals surface area contributed by atoms with Gasteiger partial charge in [-0.05, 0) is 74.0 Å². The minimum absolute atomic E-state index is 0.0390. The van der Waals surface area contributed by atoms with Crippen molar-refractivity contribution >= 4 is 38.9 Å². The number of halogens is 2. The van der Waals surface area contributed by atoms with Crippen LogP contribution in [0.15, 0.2) is 75.1 Å². The van der Waals surface area contributed by atoms with Gasteiger partial charge in [0.25, 0.3) is 5.91 Å². The van der Waals surface area contributed by atoms with Gasteiger partial charge in [0.1, 0.15) is 0 Å². The van der Waals surface area contributed by atoms with Crippen LogP contribution in [0.3, 0.4) is 0 Å². The third-order valence-electron chi connectivity index (χ3n) is 5.75. The van der Waals surface area contributed by atoms with Crippen molar-refractivity contribution in [3.05, 3.63) is 82.0 Å². The minimum Gasteiger partial charge on any atom is -0.439 e. The molecule has 4 rings (SSSR count). The number of nitrogens with zero attached hydrogens (tertiary/aromatic N) is 1. The molecular weight excluding hydrogens is 483 g/mol. The first kappa shape index (κ1) is 23.8. The molecule has 0 saturated carbocycles. The molecule has 1 aliphatic rings. The van der Waals surface area contributed by atoms with E-state index in [1.807, 2.05) is 24.3 Å². The molecule has 2 heterocycles. The number of sulfone groups is 1. The Morgan fingerprint density at radius 3 is 2.36 bits per heavy atom. The zero-order valence-electron chi connectivity index (χ0n) is 17.8. The van der Waals surface area contributed by atoms with Gasteiger partial charge in [-0.1, -0.05) is 47.8 Å². The van der Waals surface area contributed by atoms with Crippen LogP contribution in [0.25, 0.3) is 0 Å². The van der Waals surface area contributed by atoms with Crippen LogP contribution in [-0.2, 0) is 9.84 Å². The molecule has 2 aromatic carbocycles. The van der Waals surface area contributed by atoms with E-state index in [0.29, 0.717) is 16.6 Å². The summed E-state index contributed by atoms with van der Waals surface area (Å²) in [6, 6.07) is 15.9. The maximum Gasteiger partial charge on any atom is 0.287 e. The quantitative estimate of drug-likeness (QED) is 0.465. The lowest BCUT2D eigenvalue weighted by Gasteiger charge is -2.35. The first-order valence-corrected chi connectivity index (χ1v) is 13.0. The summed E-state index contributed by atoms with van der Waals surface area (Å²) < 4.78 is 31.0. The van der Waals surface area contributed by atoms with E-state index >= 15 is 0 Å². The molecule has 1 amide bonds. The van der Waals surface area contributed by atoms with E-state index in [1.54, 1.807) is 0 Å². The Morgan fingerprint density at radius 1 is 0.970 bits per heavy atom. The molecule has 1 fully saturated rings. The van der Waals surface area contributed by atoms with Crippen molar-refractivity contribution in [3.8, 4) is 0 Å². The number of nitrogens with one attached hydrogen (secondary N) is 1. The molecule has 1 saturated heterocycles. The van der Waals surface area contributed by atoms with Crippen molar-refractivity contribution in [1.29, 1.82) is 0 Å². The first-order chi connectivity index (χ1) is 15.9. The SMILES string of the molecule is O=C(NCC(c1ccccc1Cl)N1CCCCC1)c1ccc(S(=O)(=O)c2ccc(Cl)cc2)o1. The predicted molar refractivity (Wildman–Crippen MR) is 128 cm³/mol. The van der Waals surface area contributed by atoms with Crippen molar-refractivity contribution in [2.24, 2.45) is 0 Å². The number of rotatable bonds is 7. The molecule has 1 unspecified atom stereocenters. The summed E-state index contributed by atoms with van der Waals surface area (Å²) in [7, 11) is -3.90. The van der Waals surface area contributed by atoms with E-state index in [-0.39, 0.29) is 21.8 Å². The second kappa shape index (κ2) is 10.3. The Kier molecular flexibility index (Phi) is 7.44. The lowest BCUT2D eigenvalue weighted by molar-refractivity contribution is 0.0892. The third kappa shape index (κ3) is 5.44. The summed E-state index contributed by atoms with van der Waals surface area (Å²) in [5.41, 5.74) is 0.951. The molecule has 33 heavy (non-hydrogen) atoms. The smallest absolute Gasteiger partial charge is 0.287 e. The molecule has 6 nitrogen and oxygen atoms in total. The van der Waals surface area contributed by atoms with Gasteiger partial charge in [0.05, 0.1) is 10.9 Å². The zero-order chi connectivity index (χ0) is 23.4. The highest BCUT2D eigenvalue weighted by Crippen LogP contribution is 2.30. The van der Waals surface area contributed by atoms with Crippen LogP contribution in [0.2, 0.25) is 10.0 Å². The molecule has 0 spiro atoms. The van der Waals surface area contributed by atoms with Crippen molar-refractivity contribution in [3.63, 3.8) is 0 Å². The Balaban J connectivity index is 1.50. The van der Waals surface area contributed by atoms with Gasteiger partial charge in [0.2, 0.25) is 14.9 Å². The standard InChI is InChI=1S/C24H24Cl2N2O4S/c25-17-8-10-18(11-9-17)33(30,31)23-13-12-22(32-23)24(29)27-16-21(28-14-4-1-5-15-28)19-6-2-3-7-20(19)26/h2-3,6-13,21H,1,4-5,14-16H2,(H,27,29). The maximum atomic E-state index is 12.8. The summed E-state index contributed by atoms with van der Waals surface area (Å²) in [4.78, 5) is 15.2. The fraction of sp³-hybridized carbons (Fsp3) is 0.292. The molecule has 1 atom stereocenters. The highest BCUT2D eigenvalue weighted by molar-refractivity contribution is 7.91. The lowest BCUT2D eigenvalue weighted by atomic mass is 10.0. The summed E-state index contributed by atoms with van der Waals surface area (Å²) in [5, 5.41) is 3.67. The molecule has 0 radical (unpaired) electrons. The minimum atomic E-state index is -3.90. The number of carbonyl (C=O) groups is 1. The topological polar surface area (TPSA) is 79.6 Å². The molecule has 1 aliphatic heterocycles. The highest BCUT2D eigenvalue weighted by atomic mass is 35.5. The predicted octanol–water partition coefficient (Wildman–Crippen LogP) is 5.38. The second-order valence-corrected chi connectivity index (χ2v) is 10.6. The van der Waals surface area contributed by atoms with Crippen LogP contribution in [0.1, 0.15) is 41.4 Å². The van der Waals surface area contributed by atoms with Gasteiger partial charge >= 0.3 is 0 Å². The van der Waals surface area contributed by atoms with Crippen LogP contribution in [0.4, 0.5) is 0 Å². The van der Waals surface area contributed by atoms with Gasteiger partial charge in [0.15, 0.2) is 5.76 Å². The number of benzene rings is 2. The van der Waals surface area contributed by atoms with Gasteiger partial charge in [-0.15, -0.1) is 0 Å². The van der Waals surface area contributed by atoms with Gasteiger partial charge in [-0.3, -0.25) is 9.69 Å². The Morgan fingerprint density at radius 2 is 1.67 bits per heavy atom. The number of piperidine rings is 1. The van der Waals surface area contributed by atoms with Crippen molar-refractivity contribution < 1.29 is 17.6 Å². The monoisotopic (exact) mass is 506 g/mol. The lowest BCUT2D eigenvalue weighted by Crippen LogP contribution is -2.40. The summed E-state index contributed by atoms with van der Waals surface area (Å²) in [5.74, 6) is -0.555. The summed E-state index contributed by atoms with van der Waals surface area (Å²) in [6.07, 6.45) is 3.38. The van der Waals surface area contributed by atoms with E-state index in [2.05, 4.69) is 10.2 Å². The van der Waals surface area contributed by atoms with Crippen LogP contribution in [-0.4, -0.2) is 38.9 Å². The van der Waals surface area contributed by atoms with Crippen LogP contribution < -0.4 is 5.32 Å². The summed E-state index contributed by atoms with van der Waals surface area (Å²) in [6.45, 7) is 2.18. The zero-order valence-corrected chi connectivity index (χ0v) is 20.2. The number of carbonyl (C=O) groups excluding carboxylic acids is 1. The van der Waals surface area contributed by atoms with Gasteiger partial charge in [-0.25, -0.2) is 8.42 Å². The molecule has 0 bridgehead atoms. The summed E-state index contributed by atoms with van der Waals surface area (Å²) >= 11 is 12.3. The largest absolute Gasteiger partial charge is 0.439 e. The number of likely N-dealkylation sites (tertiary alicyclic amines) is 1. The molecule has 9 heteroatoms. The van der Waals surface area contributed by atoms with E-state index in [4.69, 9.17) is 27.6 Å². The average molecular weight is 507 g/mol. The van der Waals surface area contributed by atoms with E-state index in [0.717, 1.165) is 31.5 Å². The van der Waals surface area contributed by atoms with E-state index in [9.17, 15) is 13.2 Å². The molecule has 1 aromatic heterocycles. The Bertz CT molecular complexity index is 1220. The van der Waals surface area contributed by atoms with E-state index in [1.165, 1.54) is 42.8 Å². The Hall–Kier alpha value is -2.32. The van der Waals surface area contributed by atoms with E-state index < -0.39 is 15.7 Å². The number of hydrogen-bond donors (Lipinski definition) is 1. The van der Waals surface area contributed by atoms with Crippen molar-refractivity contribution in [2.45, 2.75) is 35.3 Å². The van der Waals surface area contributed by atoms with Crippen molar-refractivity contribution in [1.82, 2.24) is 10.2 Å². The first-order valence-electron chi connectivity index (χ1n) is 10.7.